The predicted molar refractivity (Wildman–Crippen MR) is 142 cm³/mol. The molecule has 0 fully saturated rings. The fourth-order valence-corrected chi connectivity index (χ4v) is 4.78. The number of hydrogen-bond donors (Lipinski definition) is 2. The molecule has 1 unspecified atom stereocenters. The van der Waals surface area contributed by atoms with E-state index in [0.29, 0.717) is 10.7 Å². The second kappa shape index (κ2) is 11.0. The number of hydrogen-bond acceptors (Lipinski definition) is 5. The smallest absolute Gasteiger partial charge is 0.372 e. The number of halogens is 4. The van der Waals surface area contributed by atoms with Crippen molar-refractivity contribution in [2.24, 2.45) is 5.92 Å². The second-order valence-electron chi connectivity index (χ2n) is 8.96. The van der Waals surface area contributed by atoms with Gasteiger partial charge in [-0.05, 0) is 49.1 Å². The molecule has 0 spiro atoms. The molecule has 194 valence electrons. The number of fused-ring (bicyclic) bond motifs is 1. The second-order valence-corrected chi connectivity index (χ2v) is 10.4. The van der Waals surface area contributed by atoms with Gasteiger partial charge in [0.15, 0.2) is 5.65 Å². The van der Waals surface area contributed by atoms with Gasteiger partial charge < -0.3 is 10.6 Å². The zero-order valence-corrected chi connectivity index (χ0v) is 21.9. The Labute approximate surface area is 221 Å². The average molecular weight is 548 g/mol. The summed E-state index contributed by atoms with van der Waals surface area (Å²) in [7, 11) is 0. The summed E-state index contributed by atoms with van der Waals surface area (Å²) in [6.45, 7) is 4.15. The molecule has 3 heterocycles. The lowest BCUT2D eigenvalue weighted by molar-refractivity contribution is -0.139. The fraction of sp³-hybridized carbons (Fsp3) is 0.269. The fourth-order valence-electron chi connectivity index (χ4n) is 3.74. The molecule has 0 saturated carbocycles. The molecule has 0 aliphatic heterocycles. The minimum absolute atomic E-state index is 0.271. The quantitative estimate of drug-likeness (QED) is 0.256. The average Bonchev–Trinajstić information content (AvgIpc) is 3.19. The lowest BCUT2D eigenvalue weighted by Crippen LogP contribution is -2.46. The minimum Gasteiger partial charge on any atom is -0.372 e. The third-order valence-electron chi connectivity index (χ3n) is 5.59. The first-order chi connectivity index (χ1) is 17.5. The van der Waals surface area contributed by atoms with E-state index in [9.17, 15) is 18.0 Å². The molecule has 1 atom stereocenters. The third-order valence-corrected chi connectivity index (χ3v) is 6.75. The van der Waals surface area contributed by atoms with Gasteiger partial charge in [-0.2, -0.15) is 13.2 Å². The van der Waals surface area contributed by atoms with E-state index in [2.05, 4.69) is 15.3 Å². The molecule has 3 aromatic heterocycles. The van der Waals surface area contributed by atoms with Gasteiger partial charge in [-0.15, -0.1) is 0 Å². The molecular weight excluding hydrogens is 523 g/mol. The van der Waals surface area contributed by atoms with Gasteiger partial charge in [-0.1, -0.05) is 43.1 Å². The minimum atomic E-state index is -4.49. The highest BCUT2D eigenvalue weighted by molar-refractivity contribution is 7.98. The zero-order valence-electron chi connectivity index (χ0n) is 20.3. The Morgan fingerprint density at radius 2 is 1.86 bits per heavy atom. The first-order valence-electron chi connectivity index (χ1n) is 11.5. The molecule has 1 amide bonds. The Morgan fingerprint density at radius 1 is 1.14 bits per heavy atom. The molecule has 0 aliphatic rings. The predicted octanol–water partition coefficient (Wildman–Crippen LogP) is 6.73. The third kappa shape index (κ3) is 6.75. The van der Waals surface area contributed by atoms with Crippen molar-refractivity contribution in [2.75, 3.05) is 11.9 Å². The van der Waals surface area contributed by atoms with E-state index < -0.39 is 24.7 Å². The maximum Gasteiger partial charge on any atom is 0.405 e. The first kappa shape index (κ1) is 26.8. The van der Waals surface area contributed by atoms with Crippen LogP contribution < -0.4 is 10.6 Å². The molecular formula is C26H25ClF3N5OS. The number of anilines is 1. The van der Waals surface area contributed by atoms with Crippen LogP contribution in [0.15, 0.2) is 66.1 Å². The number of carbonyl (C=O) groups is 1. The summed E-state index contributed by atoms with van der Waals surface area (Å²) >= 11 is 7.77. The summed E-state index contributed by atoms with van der Waals surface area (Å²) in [6.07, 6.45) is 2.24. The molecule has 11 heteroatoms. The molecule has 0 aliphatic carbocycles. The summed E-state index contributed by atoms with van der Waals surface area (Å²) in [5, 5.41) is 6.29. The molecule has 37 heavy (non-hydrogen) atoms. The van der Waals surface area contributed by atoms with Crippen LogP contribution in [0, 0.1) is 12.8 Å². The monoisotopic (exact) mass is 547 g/mol. The molecule has 0 radical (unpaired) electrons. The number of rotatable bonds is 8. The number of amides is 1. The van der Waals surface area contributed by atoms with Crippen molar-refractivity contribution < 1.29 is 18.0 Å². The molecule has 4 aromatic rings. The maximum atomic E-state index is 12.6. The van der Waals surface area contributed by atoms with Crippen LogP contribution in [-0.2, 0) is 4.79 Å². The van der Waals surface area contributed by atoms with Gasteiger partial charge in [0.05, 0.1) is 10.7 Å². The summed E-state index contributed by atoms with van der Waals surface area (Å²) in [5.41, 5.74) is 3.94. The van der Waals surface area contributed by atoms with Crippen LogP contribution in [0.4, 0.5) is 18.9 Å². The van der Waals surface area contributed by atoms with Crippen LogP contribution in [0.25, 0.3) is 22.2 Å². The van der Waals surface area contributed by atoms with Gasteiger partial charge in [0, 0.05) is 46.2 Å². The summed E-state index contributed by atoms with van der Waals surface area (Å²) in [4.78, 5) is 22.3. The van der Waals surface area contributed by atoms with Gasteiger partial charge in [-0.25, -0.2) is 4.98 Å². The zero-order chi connectivity index (χ0) is 26.7. The SMILES string of the molecule is Cc1ccc(Sn2cc(-c3cncc(NC(C(=O)NCC(F)(F)F)C(C)C)c3)c3cc(Cl)cnc32)cc1. The van der Waals surface area contributed by atoms with E-state index in [4.69, 9.17) is 11.6 Å². The van der Waals surface area contributed by atoms with Crippen molar-refractivity contribution in [2.45, 2.75) is 37.9 Å². The van der Waals surface area contributed by atoms with E-state index in [1.165, 1.54) is 18.1 Å². The van der Waals surface area contributed by atoms with Gasteiger partial charge >= 0.3 is 6.18 Å². The largest absolute Gasteiger partial charge is 0.405 e. The van der Waals surface area contributed by atoms with Crippen LogP contribution in [0.1, 0.15) is 19.4 Å². The van der Waals surface area contributed by atoms with Crippen molar-refractivity contribution in [1.82, 2.24) is 19.3 Å². The van der Waals surface area contributed by atoms with Crippen molar-refractivity contribution >= 4 is 46.2 Å². The summed E-state index contributed by atoms with van der Waals surface area (Å²) < 4.78 is 39.7. The number of nitrogens with zero attached hydrogens (tertiary/aromatic N) is 3. The highest BCUT2D eigenvalue weighted by Crippen LogP contribution is 2.36. The maximum absolute atomic E-state index is 12.6. The van der Waals surface area contributed by atoms with Crippen LogP contribution >= 0.6 is 23.5 Å². The molecule has 2 N–H and O–H groups in total. The lowest BCUT2D eigenvalue weighted by atomic mass is 10.0. The van der Waals surface area contributed by atoms with Crippen molar-refractivity contribution in [3.8, 4) is 11.1 Å². The molecule has 6 nitrogen and oxygen atoms in total. The Kier molecular flexibility index (Phi) is 7.99. The van der Waals surface area contributed by atoms with Gasteiger partial charge in [0.1, 0.15) is 12.6 Å². The number of nitrogens with one attached hydrogen (secondary N) is 2. The standard InChI is InChI=1S/C26H25ClF3N5OS/c1-15(2)23(25(36)33-14-26(28,29)30)34-19-8-17(10-31-12-19)22-13-35(24-21(22)9-18(27)11-32-24)37-20-6-4-16(3)5-7-20/h4-13,15,23,34H,14H2,1-3H3,(H,33,36). The molecule has 0 bridgehead atoms. The van der Waals surface area contributed by atoms with Crippen LogP contribution in [0.2, 0.25) is 5.02 Å². The van der Waals surface area contributed by atoms with Crippen molar-refractivity contribution in [3.63, 3.8) is 0 Å². The van der Waals surface area contributed by atoms with Gasteiger partial charge in [-0.3, -0.25) is 13.8 Å². The molecule has 1 aromatic carbocycles. The van der Waals surface area contributed by atoms with Crippen LogP contribution in [0.5, 0.6) is 0 Å². The van der Waals surface area contributed by atoms with Crippen LogP contribution in [0.3, 0.4) is 0 Å². The number of aryl methyl sites for hydroxylation is 1. The Morgan fingerprint density at radius 3 is 2.54 bits per heavy atom. The molecule has 0 saturated heterocycles. The highest BCUT2D eigenvalue weighted by atomic mass is 35.5. The van der Waals surface area contributed by atoms with Gasteiger partial charge in [0.25, 0.3) is 0 Å². The number of carbonyl (C=O) groups excluding carboxylic acids is 1. The number of pyridine rings is 2. The number of aromatic nitrogens is 3. The molecule has 4 rings (SSSR count). The Bertz CT molecular complexity index is 1410. The van der Waals surface area contributed by atoms with E-state index in [0.717, 1.165) is 32.6 Å². The lowest BCUT2D eigenvalue weighted by Gasteiger charge is -2.23. The number of alkyl halides is 3. The van der Waals surface area contributed by atoms with Crippen LogP contribution in [-0.4, -0.2) is 38.6 Å². The highest BCUT2D eigenvalue weighted by Gasteiger charge is 2.30. The van der Waals surface area contributed by atoms with Crippen molar-refractivity contribution in [3.05, 3.63) is 71.8 Å². The van der Waals surface area contributed by atoms with Crippen molar-refractivity contribution in [1.29, 1.82) is 0 Å². The Hall–Kier alpha value is -3.24. The first-order valence-corrected chi connectivity index (χ1v) is 12.6. The van der Waals surface area contributed by atoms with E-state index in [1.807, 2.05) is 52.7 Å². The Balaban J connectivity index is 1.65. The van der Waals surface area contributed by atoms with E-state index in [-0.39, 0.29) is 5.92 Å². The van der Waals surface area contributed by atoms with E-state index in [1.54, 1.807) is 32.3 Å². The summed E-state index contributed by atoms with van der Waals surface area (Å²) in [5.74, 6) is -1.01. The number of benzene rings is 1. The topological polar surface area (TPSA) is 71.8 Å². The normalized spacial score (nSPS) is 12.6. The van der Waals surface area contributed by atoms with Gasteiger partial charge in [0.2, 0.25) is 5.91 Å². The van der Waals surface area contributed by atoms with E-state index >= 15 is 0 Å². The summed E-state index contributed by atoms with van der Waals surface area (Å²) in [6, 6.07) is 10.9.